The fourth-order valence-corrected chi connectivity index (χ4v) is 3.97. The Balaban J connectivity index is 1.55. The Morgan fingerprint density at radius 1 is 1.31 bits per heavy atom. The number of benzene rings is 1. The minimum atomic E-state index is -0.291. The second-order valence-electron chi connectivity index (χ2n) is 8.07. The first-order chi connectivity index (χ1) is 13.9. The van der Waals surface area contributed by atoms with E-state index in [1.165, 1.54) is 5.56 Å². The van der Waals surface area contributed by atoms with Gasteiger partial charge in [0.2, 0.25) is 11.8 Å². The van der Waals surface area contributed by atoms with Gasteiger partial charge in [-0.05, 0) is 50.3 Å². The van der Waals surface area contributed by atoms with E-state index in [-0.39, 0.29) is 24.2 Å². The van der Waals surface area contributed by atoms with Crippen LogP contribution in [0.4, 0.5) is 5.69 Å². The molecule has 0 radical (unpaired) electrons. The number of hydrogen-bond donors (Lipinski definition) is 1. The van der Waals surface area contributed by atoms with Crippen molar-refractivity contribution in [2.24, 2.45) is 5.92 Å². The molecule has 6 heteroatoms. The van der Waals surface area contributed by atoms with E-state index in [1.54, 1.807) is 4.90 Å². The van der Waals surface area contributed by atoms with Crippen LogP contribution in [0.1, 0.15) is 56.0 Å². The monoisotopic (exact) mass is 396 g/mol. The highest BCUT2D eigenvalue weighted by Crippen LogP contribution is 2.33. The van der Waals surface area contributed by atoms with Gasteiger partial charge in [-0.1, -0.05) is 32.0 Å². The van der Waals surface area contributed by atoms with Crippen molar-refractivity contribution in [3.63, 3.8) is 0 Å². The van der Waals surface area contributed by atoms with E-state index in [9.17, 15) is 9.59 Å². The van der Waals surface area contributed by atoms with Crippen LogP contribution in [0.3, 0.4) is 0 Å². The molecule has 6 nitrogen and oxygen atoms in total. The molecule has 2 atom stereocenters. The second kappa shape index (κ2) is 9.25. The lowest BCUT2D eigenvalue weighted by Crippen LogP contribution is -2.34. The quantitative estimate of drug-likeness (QED) is 0.694. The number of nitrogens with one attached hydrogen (secondary N) is 1. The molecule has 0 aliphatic carbocycles. The van der Waals surface area contributed by atoms with Crippen LogP contribution in [0, 0.1) is 19.8 Å². The highest BCUT2D eigenvalue weighted by Gasteiger charge is 2.36. The van der Waals surface area contributed by atoms with Gasteiger partial charge in [0, 0.05) is 37.4 Å². The third kappa shape index (κ3) is 4.86. The number of nitrogens with zero attached hydrogens (tertiary/aromatic N) is 3. The number of rotatable bonds is 8. The molecule has 2 unspecified atom stereocenters. The minimum Gasteiger partial charge on any atom is -0.356 e. The molecule has 0 saturated carbocycles. The third-order valence-electron chi connectivity index (χ3n) is 5.82. The van der Waals surface area contributed by atoms with Crippen LogP contribution < -0.4 is 10.2 Å². The number of carbonyl (C=O) groups is 2. The molecular weight excluding hydrogens is 364 g/mol. The van der Waals surface area contributed by atoms with Crippen LogP contribution in [0.2, 0.25) is 0 Å². The van der Waals surface area contributed by atoms with Crippen LogP contribution >= 0.6 is 0 Å². The average Bonchev–Trinajstić information content (AvgIpc) is 3.25. The number of para-hydroxylation sites is 1. The van der Waals surface area contributed by atoms with Crippen LogP contribution in [-0.4, -0.2) is 34.7 Å². The van der Waals surface area contributed by atoms with Crippen molar-refractivity contribution in [1.82, 2.24) is 15.1 Å². The van der Waals surface area contributed by atoms with E-state index in [4.69, 9.17) is 0 Å². The van der Waals surface area contributed by atoms with E-state index >= 15 is 0 Å². The van der Waals surface area contributed by atoms with E-state index < -0.39 is 0 Å². The van der Waals surface area contributed by atoms with Crippen molar-refractivity contribution in [3.05, 3.63) is 47.3 Å². The van der Waals surface area contributed by atoms with Crippen molar-refractivity contribution in [2.45, 2.75) is 59.4 Å². The van der Waals surface area contributed by atoms with E-state index in [0.717, 1.165) is 36.5 Å². The lowest BCUT2D eigenvalue weighted by molar-refractivity contribution is -0.126. The topological polar surface area (TPSA) is 67.2 Å². The molecule has 2 heterocycles. The van der Waals surface area contributed by atoms with Gasteiger partial charge in [-0.15, -0.1) is 0 Å². The zero-order valence-corrected chi connectivity index (χ0v) is 17.9. The highest BCUT2D eigenvalue weighted by atomic mass is 16.2. The first-order valence-electron chi connectivity index (χ1n) is 10.6. The number of amides is 2. The number of aryl methyl sites for hydroxylation is 3. The minimum absolute atomic E-state index is 0.0311. The van der Waals surface area contributed by atoms with Gasteiger partial charge in [0.15, 0.2) is 0 Å². The van der Waals surface area contributed by atoms with Crippen LogP contribution in [0.5, 0.6) is 0 Å². The lowest BCUT2D eigenvalue weighted by atomic mass is 9.96. The van der Waals surface area contributed by atoms with Crippen LogP contribution in [-0.2, 0) is 16.1 Å². The van der Waals surface area contributed by atoms with Crippen molar-refractivity contribution >= 4 is 17.5 Å². The maximum Gasteiger partial charge on any atom is 0.227 e. The summed E-state index contributed by atoms with van der Waals surface area (Å²) in [4.78, 5) is 27.0. The van der Waals surface area contributed by atoms with Crippen LogP contribution in [0.15, 0.2) is 30.3 Å². The molecule has 0 bridgehead atoms. The fourth-order valence-electron chi connectivity index (χ4n) is 3.97. The summed E-state index contributed by atoms with van der Waals surface area (Å²) in [6.45, 7) is 10.2. The number of anilines is 1. The Morgan fingerprint density at radius 2 is 2.07 bits per heavy atom. The standard InChI is InChI=1S/C23H32N4O2/c1-5-16(2)20-9-6-7-10-21(20)26-15-19(14-22(26)28)23(29)24-11-8-12-27-18(4)13-17(3)25-27/h6-7,9-10,13,16,19H,5,8,11-12,14-15H2,1-4H3,(H,24,29). The zero-order valence-electron chi connectivity index (χ0n) is 17.9. The van der Waals surface area contributed by atoms with Crippen molar-refractivity contribution < 1.29 is 9.59 Å². The number of hydrogen-bond acceptors (Lipinski definition) is 3. The molecule has 1 aromatic heterocycles. The normalized spacial score (nSPS) is 17.6. The Labute approximate surface area is 173 Å². The first-order valence-corrected chi connectivity index (χ1v) is 10.6. The summed E-state index contributed by atoms with van der Waals surface area (Å²) in [5.41, 5.74) is 4.26. The second-order valence-corrected chi connectivity index (χ2v) is 8.07. The Kier molecular flexibility index (Phi) is 6.72. The predicted octanol–water partition coefficient (Wildman–Crippen LogP) is 3.57. The van der Waals surface area contributed by atoms with E-state index in [2.05, 4.69) is 36.4 Å². The molecular formula is C23H32N4O2. The van der Waals surface area contributed by atoms with Gasteiger partial charge in [-0.2, -0.15) is 5.10 Å². The lowest BCUT2D eigenvalue weighted by Gasteiger charge is -2.23. The molecule has 156 valence electrons. The molecule has 0 spiro atoms. The van der Waals surface area contributed by atoms with E-state index in [0.29, 0.717) is 19.0 Å². The third-order valence-corrected chi connectivity index (χ3v) is 5.82. The van der Waals surface area contributed by atoms with Gasteiger partial charge in [0.05, 0.1) is 11.6 Å². The zero-order chi connectivity index (χ0) is 21.0. The molecule has 1 aromatic carbocycles. The Morgan fingerprint density at radius 3 is 2.76 bits per heavy atom. The van der Waals surface area contributed by atoms with Gasteiger partial charge >= 0.3 is 0 Å². The van der Waals surface area contributed by atoms with Gasteiger partial charge in [-0.3, -0.25) is 14.3 Å². The molecule has 1 fully saturated rings. The Bertz CT molecular complexity index is 874. The smallest absolute Gasteiger partial charge is 0.227 e. The van der Waals surface area contributed by atoms with Gasteiger partial charge < -0.3 is 10.2 Å². The van der Waals surface area contributed by atoms with Gasteiger partial charge in [0.25, 0.3) is 0 Å². The largest absolute Gasteiger partial charge is 0.356 e. The van der Waals surface area contributed by atoms with Gasteiger partial charge in [0.1, 0.15) is 0 Å². The average molecular weight is 397 g/mol. The van der Waals surface area contributed by atoms with E-state index in [1.807, 2.05) is 36.7 Å². The maximum absolute atomic E-state index is 12.6. The van der Waals surface area contributed by atoms with Gasteiger partial charge in [-0.25, -0.2) is 0 Å². The SMILES string of the molecule is CCC(C)c1ccccc1N1CC(C(=O)NCCCn2nc(C)cc2C)CC1=O. The summed E-state index contributed by atoms with van der Waals surface area (Å²) in [6.07, 6.45) is 2.10. The summed E-state index contributed by atoms with van der Waals surface area (Å²) in [5, 5.41) is 7.44. The molecule has 2 amide bonds. The number of aromatic nitrogens is 2. The molecule has 1 N–H and O–H groups in total. The fraction of sp³-hybridized carbons (Fsp3) is 0.522. The molecule has 1 saturated heterocycles. The van der Waals surface area contributed by atoms with Crippen molar-refractivity contribution in [3.8, 4) is 0 Å². The molecule has 3 rings (SSSR count). The van der Waals surface area contributed by atoms with Crippen molar-refractivity contribution in [1.29, 1.82) is 0 Å². The summed E-state index contributed by atoms with van der Waals surface area (Å²) < 4.78 is 1.97. The molecule has 29 heavy (non-hydrogen) atoms. The van der Waals surface area contributed by atoms with Crippen LogP contribution in [0.25, 0.3) is 0 Å². The maximum atomic E-state index is 12.6. The summed E-state index contributed by atoms with van der Waals surface area (Å²) in [7, 11) is 0. The molecule has 2 aromatic rings. The Hall–Kier alpha value is -2.63. The number of carbonyl (C=O) groups excluding carboxylic acids is 2. The molecule has 1 aliphatic heterocycles. The highest BCUT2D eigenvalue weighted by molar-refractivity contribution is 6.00. The van der Waals surface area contributed by atoms with Crippen molar-refractivity contribution in [2.75, 3.05) is 18.0 Å². The predicted molar refractivity (Wildman–Crippen MR) is 115 cm³/mol. The summed E-state index contributed by atoms with van der Waals surface area (Å²) in [6, 6.07) is 10.1. The summed E-state index contributed by atoms with van der Waals surface area (Å²) in [5.74, 6) is 0.0845. The summed E-state index contributed by atoms with van der Waals surface area (Å²) >= 11 is 0. The molecule has 1 aliphatic rings. The first kappa shape index (κ1) is 21.1.